The lowest BCUT2D eigenvalue weighted by Gasteiger charge is -2.25. The normalized spacial score (nSPS) is 13.8. The standard InChI is InChI=1S/C20H23ClFN5O3S/c1-11-6-8-15(22)18(12(11)2)13(3)19(20-23-26-27(4)24-20)25-31(28,29)17-9-7-14(21)10-16(17)30-5/h6-10,13,19,25H,1-5H3. The van der Waals surface area contributed by atoms with Crippen LogP contribution >= 0.6 is 11.6 Å². The van der Waals surface area contributed by atoms with Crippen LogP contribution in [0.3, 0.4) is 0 Å². The minimum atomic E-state index is -4.12. The van der Waals surface area contributed by atoms with Crippen molar-refractivity contribution in [1.82, 2.24) is 24.9 Å². The molecular weight excluding hydrogens is 445 g/mol. The van der Waals surface area contributed by atoms with E-state index in [1.807, 2.05) is 6.92 Å². The van der Waals surface area contributed by atoms with Gasteiger partial charge in [-0.25, -0.2) is 12.8 Å². The Morgan fingerprint density at radius 3 is 2.55 bits per heavy atom. The van der Waals surface area contributed by atoms with Gasteiger partial charge in [-0.1, -0.05) is 24.6 Å². The van der Waals surface area contributed by atoms with E-state index in [0.29, 0.717) is 10.6 Å². The maximum atomic E-state index is 14.8. The zero-order valence-electron chi connectivity index (χ0n) is 17.7. The summed E-state index contributed by atoms with van der Waals surface area (Å²) in [6, 6.07) is 6.25. The Kier molecular flexibility index (Phi) is 6.63. The SMILES string of the molecule is COc1cc(Cl)ccc1S(=O)(=O)NC(c1nnn(C)n1)C(C)c1c(F)ccc(C)c1C. The van der Waals surface area contributed by atoms with Crippen molar-refractivity contribution < 1.29 is 17.5 Å². The second-order valence-corrected chi connectivity index (χ2v) is 9.34. The second kappa shape index (κ2) is 8.89. The smallest absolute Gasteiger partial charge is 0.244 e. The summed E-state index contributed by atoms with van der Waals surface area (Å²) in [6.45, 7) is 5.37. The van der Waals surface area contributed by atoms with Crippen LogP contribution in [0.5, 0.6) is 5.75 Å². The van der Waals surface area contributed by atoms with Gasteiger partial charge >= 0.3 is 0 Å². The minimum Gasteiger partial charge on any atom is -0.495 e. The third-order valence-electron chi connectivity index (χ3n) is 5.19. The van der Waals surface area contributed by atoms with Crippen molar-refractivity contribution in [3.63, 3.8) is 0 Å². The first-order valence-electron chi connectivity index (χ1n) is 9.40. The van der Waals surface area contributed by atoms with E-state index >= 15 is 0 Å². The number of nitrogens with zero attached hydrogens (tertiary/aromatic N) is 4. The van der Waals surface area contributed by atoms with E-state index in [1.165, 1.54) is 36.2 Å². The molecular formula is C20H23ClFN5O3S. The molecule has 0 spiro atoms. The van der Waals surface area contributed by atoms with Gasteiger partial charge in [0.2, 0.25) is 10.0 Å². The van der Waals surface area contributed by atoms with Crippen molar-refractivity contribution >= 4 is 21.6 Å². The summed E-state index contributed by atoms with van der Waals surface area (Å²) in [5, 5.41) is 12.3. The van der Waals surface area contributed by atoms with Gasteiger partial charge in [0.25, 0.3) is 0 Å². The molecule has 0 aliphatic rings. The number of rotatable bonds is 7. The average Bonchev–Trinajstić information content (AvgIpc) is 3.14. The van der Waals surface area contributed by atoms with Crippen LogP contribution < -0.4 is 9.46 Å². The Hall–Kier alpha value is -2.56. The largest absolute Gasteiger partial charge is 0.495 e. The third-order valence-corrected chi connectivity index (χ3v) is 6.90. The van der Waals surface area contributed by atoms with Crippen LogP contribution in [0, 0.1) is 19.7 Å². The van der Waals surface area contributed by atoms with Gasteiger partial charge in [-0.3, -0.25) is 0 Å². The van der Waals surface area contributed by atoms with Gasteiger partial charge in [0.15, 0.2) is 5.82 Å². The molecule has 1 heterocycles. The Balaban J connectivity index is 2.11. The Bertz CT molecular complexity index is 1220. The van der Waals surface area contributed by atoms with Crippen LogP contribution in [0.1, 0.15) is 41.4 Å². The van der Waals surface area contributed by atoms with Crippen LogP contribution in [-0.2, 0) is 17.1 Å². The highest BCUT2D eigenvalue weighted by Gasteiger charge is 2.34. The fourth-order valence-electron chi connectivity index (χ4n) is 3.43. The van der Waals surface area contributed by atoms with E-state index in [0.717, 1.165) is 11.1 Å². The van der Waals surface area contributed by atoms with E-state index in [-0.39, 0.29) is 16.5 Å². The number of ether oxygens (including phenoxy) is 1. The summed E-state index contributed by atoms with van der Waals surface area (Å²) in [5.41, 5.74) is 1.99. The molecule has 11 heteroatoms. The van der Waals surface area contributed by atoms with Gasteiger partial charge in [0.1, 0.15) is 16.5 Å². The fraction of sp³-hybridized carbons (Fsp3) is 0.350. The zero-order chi connectivity index (χ0) is 22.9. The Labute approximate surface area is 185 Å². The molecule has 2 unspecified atom stereocenters. The van der Waals surface area contributed by atoms with Gasteiger partial charge in [0, 0.05) is 17.0 Å². The summed E-state index contributed by atoms with van der Waals surface area (Å²) < 4.78 is 49.2. The van der Waals surface area contributed by atoms with Gasteiger partial charge < -0.3 is 4.74 Å². The predicted molar refractivity (Wildman–Crippen MR) is 114 cm³/mol. The lowest BCUT2D eigenvalue weighted by molar-refractivity contribution is 0.401. The number of nitrogens with one attached hydrogen (secondary N) is 1. The van der Waals surface area contributed by atoms with Crippen molar-refractivity contribution in [1.29, 1.82) is 0 Å². The lowest BCUT2D eigenvalue weighted by Crippen LogP contribution is -2.33. The number of methoxy groups -OCH3 is 1. The van der Waals surface area contributed by atoms with Crippen molar-refractivity contribution in [2.75, 3.05) is 7.11 Å². The molecule has 0 aliphatic carbocycles. The maximum absolute atomic E-state index is 14.8. The highest BCUT2D eigenvalue weighted by Crippen LogP contribution is 2.36. The number of aryl methyl sites for hydroxylation is 2. The van der Waals surface area contributed by atoms with Crippen LogP contribution in [0.25, 0.3) is 0 Å². The maximum Gasteiger partial charge on any atom is 0.244 e. The van der Waals surface area contributed by atoms with Crippen molar-refractivity contribution in [2.45, 2.75) is 37.6 Å². The quantitative estimate of drug-likeness (QED) is 0.571. The molecule has 0 fully saturated rings. The highest BCUT2D eigenvalue weighted by atomic mass is 35.5. The third kappa shape index (κ3) is 4.70. The predicted octanol–water partition coefficient (Wildman–Crippen LogP) is 3.45. The van der Waals surface area contributed by atoms with Gasteiger partial charge in [0.05, 0.1) is 20.2 Å². The van der Waals surface area contributed by atoms with Crippen LogP contribution in [0.2, 0.25) is 5.02 Å². The van der Waals surface area contributed by atoms with Gasteiger partial charge in [-0.05, 0) is 54.0 Å². The summed E-state index contributed by atoms with van der Waals surface area (Å²) in [6.07, 6.45) is 0. The summed E-state index contributed by atoms with van der Waals surface area (Å²) in [5.74, 6) is -0.881. The van der Waals surface area contributed by atoms with Gasteiger partial charge in [-0.15, -0.1) is 10.2 Å². The number of sulfonamides is 1. The lowest BCUT2D eigenvalue weighted by atomic mass is 9.88. The molecule has 0 saturated heterocycles. The average molecular weight is 468 g/mol. The van der Waals surface area contributed by atoms with E-state index in [1.54, 1.807) is 27.0 Å². The highest BCUT2D eigenvalue weighted by molar-refractivity contribution is 7.89. The minimum absolute atomic E-state index is 0.0800. The first kappa shape index (κ1) is 23.1. The summed E-state index contributed by atoms with van der Waals surface area (Å²) >= 11 is 5.96. The van der Waals surface area contributed by atoms with E-state index in [2.05, 4.69) is 20.1 Å². The number of benzene rings is 2. The Morgan fingerprint density at radius 2 is 1.94 bits per heavy atom. The number of hydrogen-bond donors (Lipinski definition) is 1. The summed E-state index contributed by atoms with van der Waals surface area (Å²) in [4.78, 5) is 1.10. The van der Waals surface area contributed by atoms with E-state index in [4.69, 9.17) is 16.3 Å². The molecule has 166 valence electrons. The number of aromatic nitrogens is 4. The van der Waals surface area contributed by atoms with Crippen LogP contribution in [0.4, 0.5) is 4.39 Å². The first-order valence-corrected chi connectivity index (χ1v) is 11.3. The molecule has 3 aromatic rings. The van der Waals surface area contributed by atoms with Crippen molar-refractivity contribution in [3.8, 4) is 5.75 Å². The molecule has 8 nitrogen and oxygen atoms in total. The molecule has 0 bridgehead atoms. The molecule has 31 heavy (non-hydrogen) atoms. The topological polar surface area (TPSA) is 99.0 Å². The molecule has 0 radical (unpaired) electrons. The second-order valence-electron chi connectivity index (χ2n) is 7.22. The molecule has 0 amide bonds. The monoisotopic (exact) mass is 467 g/mol. The van der Waals surface area contributed by atoms with E-state index in [9.17, 15) is 12.8 Å². The molecule has 1 aromatic heterocycles. The molecule has 1 N–H and O–H groups in total. The van der Waals surface area contributed by atoms with Crippen molar-refractivity contribution in [2.24, 2.45) is 7.05 Å². The van der Waals surface area contributed by atoms with Gasteiger partial charge in [-0.2, -0.15) is 9.52 Å². The molecule has 0 aliphatic heterocycles. The number of halogens is 2. The Morgan fingerprint density at radius 1 is 1.23 bits per heavy atom. The molecule has 2 atom stereocenters. The van der Waals surface area contributed by atoms with E-state index < -0.39 is 27.8 Å². The number of hydrogen-bond acceptors (Lipinski definition) is 6. The van der Waals surface area contributed by atoms with Crippen molar-refractivity contribution in [3.05, 3.63) is 63.7 Å². The molecule has 3 rings (SSSR count). The summed E-state index contributed by atoms with van der Waals surface area (Å²) in [7, 11) is -1.21. The molecule has 0 saturated carbocycles. The number of tetrazole rings is 1. The van der Waals surface area contributed by atoms with Crippen LogP contribution in [-0.4, -0.2) is 35.7 Å². The molecule has 2 aromatic carbocycles. The first-order chi connectivity index (χ1) is 14.5. The zero-order valence-corrected chi connectivity index (χ0v) is 19.3. The fourth-order valence-corrected chi connectivity index (χ4v) is 5.01. The van der Waals surface area contributed by atoms with Crippen LogP contribution in [0.15, 0.2) is 35.2 Å².